The number of carbonyl (C=O) groups excluding carboxylic acids is 2. The predicted octanol–water partition coefficient (Wildman–Crippen LogP) is 1.62. The van der Waals surface area contributed by atoms with Gasteiger partial charge in [-0.1, -0.05) is 26.0 Å². The summed E-state index contributed by atoms with van der Waals surface area (Å²) in [6, 6.07) is 7.09. The molecule has 1 aromatic carbocycles. The summed E-state index contributed by atoms with van der Waals surface area (Å²) in [5.74, 6) is 0.0173. The number of carbonyl (C=O) groups is 2. The van der Waals surface area contributed by atoms with Crippen LogP contribution in [0.2, 0.25) is 0 Å². The van der Waals surface area contributed by atoms with Crippen LogP contribution in [0.15, 0.2) is 24.3 Å². The standard InChI is InChI=1S/C16H22N2O3/c1-11(2)8-18-9-13(7-15(18)20)16(21)17-14-5-3-4-12(6-14)10-19/h3-6,11,13,19H,7-10H2,1-2H3,(H,17,21). The first-order valence-corrected chi connectivity index (χ1v) is 7.28. The highest BCUT2D eigenvalue weighted by atomic mass is 16.3. The van der Waals surface area contributed by atoms with Crippen molar-refractivity contribution in [1.82, 2.24) is 4.90 Å². The monoisotopic (exact) mass is 290 g/mol. The van der Waals surface area contributed by atoms with Gasteiger partial charge in [-0.15, -0.1) is 0 Å². The van der Waals surface area contributed by atoms with Crippen molar-refractivity contribution in [1.29, 1.82) is 0 Å². The van der Waals surface area contributed by atoms with E-state index in [1.54, 1.807) is 29.2 Å². The van der Waals surface area contributed by atoms with Gasteiger partial charge in [0.2, 0.25) is 11.8 Å². The van der Waals surface area contributed by atoms with E-state index in [9.17, 15) is 9.59 Å². The second-order valence-corrected chi connectivity index (χ2v) is 5.94. The summed E-state index contributed by atoms with van der Waals surface area (Å²) in [6.45, 7) is 5.24. The minimum Gasteiger partial charge on any atom is -0.392 e. The van der Waals surface area contributed by atoms with Crippen LogP contribution in [0, 0.1) is 11.8 Å². The Balaban J connectivity index is 1.96. The van der Waals surface area contributed by atoms with Gasteiger partial charge in [0.1, 0.15) is 0 Å². The third-order valence-electron chi connectivity index (χ3n) is 3.55. The number of amides is 2. The fourth-order valence-electron chi connectivity index (χ4n) is 2.56. The van der Waals surface area contributed by atoms with E-state index in [0.717, 1.165) is 5.56 Å². The van der Waals surface area contributed by atoms with E-state index < -0.39 is 0 Å². The molecule has 1 saturated heterocycles. The molecule has 2 rings (SSSR count). The Hall–Kier alpha value is -1.88. The van der Waals surface area contributed by atoms with Crippen LogP contribution in [0.1, 0.15) is 25.8 Å². The second-order valence-electron chi connectivity index (χ2n) is 5.94. The Bertz CT molecular complexity index is 528. The smallest absolute Gasteiger partial charge is 0.229 e. The number of nitrogens with one attached hydrogen (secondary N) is 1. The van der Waals surface area contributed by atoms with Crippen molar-refractivity contribution in [2.45, 2.75) is 26.9 Å². The highest BCUT2D eigenvalue weighted by molar-refractivity contribution is 5.97. The van der Waals surface area contributed by atoms with Crippen LogP contribution in [-0.2, 0) is 16.2 Å². The van der Waals surface area contributed by atoms with Crippen LogP contribution in [0.4, 0.5) is 5.69 Å². The lowest BCUT2D eigenvalue weighted by Gasteiger charge is -2.18. The first-order chi connectivity index (χ1) is 9.99. The molecule has 5 heteroatoms. The van der Waals surface area contributed by atoms with Gasteiger partial charge in [0, 0.05) is 25.2 Å². The number of aliphatic hydroxyl groups is 1. The maximum atomic E-state index is 12.2. The molecule has 21 heavy (non-hydrogen) atoms. The average molecular weight is 290 g/mol. The number of aliphatic hydroxyl groups excluding tert-OH is 1. The Labute approximate surface area is 125 Å². The van der Waals surface area contributed by atoms with E-state index in [4.69, 9.17) is 5.11 Å². The van der Waals surface area contributed by atoms with Gasteiger partial charge in [0.05, 0.1) is 12.5 Å². The Kier molecular flexibility index (Phi) is 4.96. The summed E-state index contributed by atoms with van der Waals surface area (Å²) >= 11 is 0. The molecule has 1 unspecified atom stereocenters. The average Bonchev–Trinajstić information content (AvgIpc) is 2.80. The molecular weight excluding hydrogens is 268 g/mol. The number of nitrogens with zero attached hydrogens (tertiary/aromatic N) is 1. The second kappa shape index (κ2) is 6.72. The summed E-state index contributed by atoms with van der Waals surface area (Å²) in [5, 5.41) is 11.9. The molecule has 0 saturated carbocycles. The summed E-state index contributed by atoms with van der Waals surface area (Å²) in [5.41, 5.74) is 1.40. The number of benzene rings is 1. The first kappa shape index (κ1) is 15.5. The zero-order chi connectivity index (χ0) is 15.4. The van der Waals surface area contributed by atoms with Crippen LogP contribution in [-0.4, -0.2) is 34.9 Å². The number of likely N-dealkylation sites (tertiary alicyclic amines) is 1. The van der Waals surface area contributed by atoms with Crippen molar-refractivity contribution in [3.63, 3.8) is 0 Å². The van der Waals surface area contributed by atoms with Gasteiger partial charge in [0.25, 0.3) is 0 Å². The van der Waals surface area contributed by atoms with Gasteiger partial charge in [-0.3, -0.25) is 9.59 Å². The largest absolute Gasteiger partial charge is 0.392 e. The predicted molar refractivity (Wildman–Crippen MR) is 80.5 cm³/mol. The van der Waals surface area contributed by atoms with Crippen LogP contribution in [0.5, 0.6) is 0 Å². The minimum absolute atomic E-state index is 0.0490. The third-order valence-corrected chi connectivity index (χ3v) is 3.55. The molecule has 0 aromatic heterocycles. The van der Waals surface area contributed by atoms with E-state index in [0.29, 0.717) is 24.7 Å². The molecule has 1 fully saturated rings. The quantitative estimate of drug-likeness (QED) is 0.866. The molecule has 0 bridgehead atoms. The zero-order valence-corrected chi connectivity index (χ0v) is 12.5. The van der Waals surface area contributed by atoms with E-state index >= 15 is 0 Å². The number of hydrogen-bond donors (Lipinski definition) is 2. The molecule has 1 atom stereocenters. The van der Waals surface area contributed by atoms with Gasteiger partial charge in [-0.2, -0.15) is 0 Å². The van der Waals surface area contributed by atoms with E-state index in [2.05, 4.69) is 19.2 Å². The maximum Gasteiger partial charge on any atom is 0.229 e. The summed E-state index contributed by atoms with van der Waals surface area (Å²) in [7, 11) is 0. The highest BCUT2D eigenvalue weighted by Gasteiger charge is 2.34. The lowest BCUT2D eigenvalue weighted by atomic mass is 10.1. The van der Waals surface area contributed by atoms with Crippen LogP contribution >= 0.6 is 0 Å². The molecule has 0 radical (unpaired) electrons. The first-order valence-electron chi connectivity index (χ1n) is 7.28. The fourth-order valence-corrected chi connectivity index (χ4v) is 2.56. The third kappa shape index (κ3) is 4.04. The molecule has 2 N–H and O–H groups in total. The minimum atomic E-state index is -0.297. The van der Waals surface area contributed by atoms with E-state index in [1.165, 1.54) is 0 Å². The van der Waals surface area contributed by atoms with Crippen molar-refractivity contribution < 1.29 is 14.7 Å². The lowest BCUT2D eigenvalue weighted by molar-refractivity contribution is -0.128. The maximum absolute atomic E-state index is 12.2. The zero-order valence-electron chi connectivity index (χ0n) is 12.5. The van der Waals surface area contributed by atoms with Crippen molar-refractivity contribution >= 4 is 17.5 Å². The highest BCUT2D eigenvalue weighted by Crippen LogP contribution is 2.21. The van der Waals surface area contributed by atoms with Crippen molar-refractivity contribution in [3.05, 3.63) is 29.8 Å². The van der Waals surface area contributed by atoms with Gasteiger partial charge < -0.3 is 15.3 Å². The van der Waals surface area contributed by atoms with Gasteiger partial charge in [-0.25, -0.2) is 0 Å². The molecule has 0 spiro atoms. The summed E-state index contributed by atoms with van der Waals surface area (Å²) in [4.78, 5) is 25.9. The molecule has 1 aliphatic heterocycles. The summed E-state index contributed by atoms with van der Waals surface area (Å²) < 4.78 is 0. The van der Waals surface area contributed by atoms with Gasteiger partial charge >= 0.3 is 0 Å². The number of anilines is 1. The van der Waals surface area contributed by atoms with Crippen LogP contribution < -0.4 is 5.32 Å². The molecule has 1 aliphatic rings. The Morgan fingerprint density at radius 3 is 2.90 bits per heavy atom. The molecule has 1 heterocycles. The molecule has 1 aromatic rings. The van der Waals surface area contributed by atoms with Crippen molar-refractivity contribution in [2.24, 2.45) is 11.8 Å². The fraction of sp³-hybridized carbons (Fsp3) is 0.500. The van der Waals surface area contributed by atoms with Gasteiger partial charge in [-0.05, 0) is 23.6 Å². The van der Waals surface area contributed by atoms with E-state index in [1.807, 2.05) is 0 Å². The molecule has 2 amide bonds. The Morgan fingerprint density at radius 2 is 2.24 bits per heavy atom. The topological polar surface area (TPSA) is 69.6 Å². The lowest BCUT2D eigenvalue weighted by Crippen LogP contribution is -2.31. The van der Waals surface area contributed by atoms with E-state index in [-0.39, 0.29) is 30.8 Å². The number of rotatable bonds is 5. The molecule has 0 aliphatic carbocycles. The normalized spacial score (nSPS) is 18.4. The van der Waals surface area contributed by atoms with Crippen LogP contribution in [0.25, 0.3) is 0 Å². The van der Waals surface area contributed by atoms with Gasteiger partial charge in [0.15, 0.2) is 0 Å². The molecule has 5 nitrogen and oxygen atoms in total. The van der Waals surface area contributed by atoms with Crippen molar-refractivity contribution in [2.75, 3.05) is 18.4 Å². The summed E-state index contributed by atoms with van der Waals surface area (Å²) in [6.07, 6.45) is 0.276. The molecule has 114 valence electrons. The Morgan fingerprint density at radius 1 is 1.48 bits per heavy atom. The number of hydrogen-bond acceptors (Lipinski definition) is 3. The SMILES string of the molecule is CC(C)CN1CC(C(=O)Nc2cccc(CO)c2)CC1=O. The molecular formula is C16H22N2O3. The van der Waals surface area contributed by atoms with Crippen LogP contribution in [0.3, 0.4) is 0 Å². The van der Waals surface area contributed by atoms with Crippen molar-refractivity contribution in [3.8, 4) is 0 Å².